The summed E-state index contributed by atoms with van der Waals surface area (Å²) in [7, 11) is 0. The van der Waals surface area contributed by atoms with Gasteiger partial charge in [0, 0.05) is 21.6 Å². The van der Waals surface area contributed by atoms with Crippen LogP contribution in [-0.2, 0) is 11.3 Å². The minimum absolute atomic E-state index is 0.335. The van der Waals surface area contributed by atoms with E-state index in [2.05, 4.69) is 21.2 Å². The first kappa shape index (κ1) is 14.5. The van der Waals surface area contributed by atoms with Crippen LogP contribution in [0.3, 0.4) is 0 Å². The SMILES string of the molecule is OC(CNc1ccc(Br)cc1)COCc1cccs1. The van der Waals surface area contributed by atoms with Crippen molar-refractivity contribution in [1.29, 1.82) is 0 Å². The topological polar surface area (TPSA) is 41.5 Å². The standard InChI is InChI=1S/C14H16BrNO2S/c15-11-3-5-12(6-4-11)16-8-13(17)9-18-10-14-2-1-7-19-14/h1-7,13,16-17H,8-10H2. The highest BCUT2D eigenvalue weighted by atomic mass is 79.9. The van der Waals surface area contributed by atoms with Crippen molar-refractivity contribution in [2.75, 3.05) is 18.5 Å². The van der Waals surface area contributed by atoms with E-state index >= 15 is 0 Å². The Morgan fingerprint density at radius 2 is 2.05 bits per heavy atom. The third kappa shape index (κ3) is 5.32. The fraction of sp³-hybridized carbons (Fsp3) is 0.286. The van der Waals surface area contributed by atoms with E-state index in [1.54, 1.807) is 11.3 Å². The zero-order valence-electron chi connectivity index (χ0n) is 10.4. The van der Waals surface area contributed by atoms with Crippen molar-refractivity contribution in [3.05, 3.63) is 51.1 Å². The van der Waals surface area contributed by atoms with E-state index in [0.29, 0.717) is 19.8 Å². The maximum Gasteiger partial charge on any atom is 0.0945 e. The molecule has 1 aromatic heterocycles. The van der Waals surface area contributed by atoms with Crippen molar-refractivity contribution in [3.63, 3.8) is 0 Å². The molecule has 0 saturated carbocycles. The second-order valence-electron chi connectivity index (χ2n) is 4.14. The van der Waals surface area contributed by atoms with Gasteiger partial charge in [0.15, 0.2) is 0 Å². The van der Waals surface area contributed by atoms with Crippen LogP contribution in [-0.4, -0.2) is 24.4 Å². The van der Waals surface area contributed by atoms with Gasteiger partial charge in [0.05, 0.1) is 19.3 Å². The molecule has 102 valence electrons. The number of nitrogens with one attached hydrogen (secondary N) is 1. The third-order valence-electron chi connectivity index (χ3n) is 2.52. The van der Waals surface area contributed by atoms with Crippen molar-refractivity contribution < 1.29 is 9.84 Å². The Morgan fingerprint density at radius 1 is 1.26 bits per heavy atom. The molecule has 1 atom stereocenters. The molecule has 5 heteroatoms. The fourth-order valence-electron chi connectivity index (χ4n) is 1.55. The van der Waals surface area contributed by atoms with Gasteiger partial charge in [0.1, 0.15) is 0 Å². The molecule has 2 rings (SSSR count). The highest BCUT2D eigenvalue weighted by Crippen LogP contribution is 2.14. The molecule has 0 saturated heterocycles. The zero-order valence-corrected chi connectivity index (χ0v) is 12.8. The van der Waals surface area contributed by atoms with E-state index in [-0.39, 0.29) is 0 Å². The molecule has 1 heterocycles. The first-order valence-corrected chi connectivity index (χ1v) is 7.69. The summed E-state index contributed by atoms with van der Waals surface area (Å²) in [4.78, 5) is 1.17. The van der Waals surface area contributed by atoms with Crippen molar-refractivity contribution in [1.82, 2.24) is 0 Å². The molecule has 0 aliphatic heterocycles. The predicted molar refractivity (Wildman–Crippen MR) is 82.6 cm³/mol. The monoisotopic (exact) mass is 341 g/mol. The van der Waals surface area contributed by atoms with Gasteiger partial charge in [-0.1, -0.05) is 22.0 Å². The Labute approximate surface area is 125 Å². The van der Waals surface area contributed by atoms with E-state index in [1.165, 1.54) is 4.88 Å². The number of benzene rings is 1. The number of hydrogen-bond acceptors (Lipinski definition) is 4. The second-order valence-corrected chi connectivity index (χ2v) is 6.08. The highest BCUT2D eigenvalue weighted by Gasteiger charge is 2.04. The minimum Gasteiger partial charge on any atom is -0.389 e. The van der Waals surface area contributed by atoms with Gasteiger partial charge < -0.3 is 15.2 Å². The van der Waals surface area contributed by atoms with Crippen molar-refractivity contribution >= 4 is 33.0 Å². The number of ether oxygens (including phenoxy) is 1. The Balaban J connectivity index is 1.64. The van der Waals surface area contributed by atoms with Gasteiger partial charge >= 0.3 is 0 Å². The largest absolute Gasteiger partial charge is 0.389 e. The van der Waals surface area contributed by atoms with Crippen LogP contribution in [0.15, 0.2) is 46.3 Å². The van der Waals surface area contributed by atoms with Gasteiger partial charge in [-0.05, 0) is 35.7 Å². The van der Waals surface area contributed by atoms with E-state index in [4.69, 9.17) is 4.74 Å². The number of thiophene rings is 1. The summed E-state index contributed by atoms with van der Waals surface area (Å²) in [5.74, 6) is 0. The summed E-state index contributed by atoms with van der Waals surface area (Å²) in [5, 5.41) is 15.0. The lowest BCUT2D eigenvalue weighted by Crippen LogP contribution is -2.24. The van der Waals surface area contributed by atoms with Gasteiger partial charge in [-0.3, -0.25) is 0 Å². The zero-order chi connectivity index (χ0) is 13.5. The molecule has 19 heavy (non-hydrogen) atoms. The quantitative estimate of drug-likeness (QED) is 0.809. The average molecular weight is 342 g/mol. The van der Waals surface area contributed by atoms with Crippen LogP contribution in [0.4, 0.5) is 5.69 Å². The van der Waals surface area contributed by atoms with Crippen LogP contribution < -0.4 is 5.32 Å². The Hall–Kier alpha value is -0.880. The predicted octanol–water partition coefficient (Wildman–Crippen LogP) is 3.50. The molecule has 2 N–H and O–H groups in total. The van der Waals surface area contributed by atoms with Crippen molar-refractivity contribution in [2.24, 2.45) is 0 Å². The summed E-state index contributed by atoms with van der Waals surface area (Å²) >= 11 is 5.04. The molecular formula is C14H16BrNO2S. The van der Waals surface area contributed by atoms with E-state index < -0.39 is 6.10 Å². The molecule has 2 aromatic rings. The molecule has 0 aliphatic carbocycles. The fourth-order valence-corrected chi connectivity index (χ4v) is 2.46. The Bertz CT molecular complexity index is 473. The van der Waals surface area contributed by atoms with E-state index in [1.807, 2.05) is 41.8 Å². The molecule has 0 radical (unpaired) electrons. The van der Waals surface area contributed by atoms with E-state index in [9.17, 15) is 5.11 Å². The number of anilines is 1. The molecule has 0 aliphatic rings. The van der Waals surface area contributed by atoms with Crippen LogP contribution in [0, 0.1) is 0 Å². The van der Waals surface area contributed by atoms with Crippen LogP contribution >= 0.6 is 27.3 Å². The maximum atomic E-state index is 9.80. The van der Waals surface area contributed by atoms with E-state index in [0.717, 1.165) is 10.2 Å². The Morgan fingerprint density at radius 3 is 2.74 bits per heavy atom. The lowest BCUT2D eigenvalue weighted by molar-refractivity contribution is 0.0359. The number of hydrogen-bond donors (Lipinski definition) is 2. The molecular weight excluding hydrogens is 326 g/mol. The summed E-state index contributed by atoms with van der Waals surface area (Å²) in [6.45, 7) is 1.38. The normalized spacial score (nSPS) is 12.3. The number of rotatable bonds is 7. The number of aliphatic hydroxyl groups is 1. The summed E-state index contributed by atoms with van der Waals surface area (Å²) in [6.07, 6.45) is -0.511. The molecule has 1 unspecified atom stereocenters. The lowest BCUT2D eigenvalue weighted by Gasteiger charge is -2.13. The third-order valence-corrected chi connectivity index (χ3v) is 3.90. The van der Waals surface area contributed by atoms with Gasteiger partial charge in [-0.2, -0.15) is 0 Å². The Kier molecular flexibility index (Phi) is 5.85. The van der Waals surface area contributed by atoms with Crippen LogP contribution in [0.2, 0.25) is 0 Å². The van der Waals surface area contributed by atoms with Gasteiger partial charge in [-0.15, -0.1) is 11.3 Å². The average Bonchev–Trinajstić information content (AvgIpc) is 2.91. The minimum atomic E-state index is -0.511. The lowest BCUT2D eigenvalue weighted by atomic mass is 10.3. The molecule has 0 fully saturated rings. The van der Waals surface area contributed by atoms with Crippen molar-refractivity contribution in [3.8, 4) is 0 Å². The summed E-state index contributed by atoms with van der Waals surface area (Å²) in [6, 6.07) is 11.9. The molecule has 1 aromatic carbocycles. The molecule has 0 bridgehead atoms. The van der Waals surface area contributed by atoms with Crippen molar-refractivity contribution in [2.45, 2.75) is 12.7 Å². The first-order valence-electron chi connectivity index (χ1n) is 6.01. The molecule has 0 amide bonds. The maximum absolute atomic E-state index is 9.80. The van der Waals surface area contributed by atoms with Crippen LogP contribution in [0.25, 0.3) is 0 Å². The van der Waals surface area contributed by atoms with Gasteiger partial charge in [0.25, 0.3) is 0 Å². The molecule has 3 nitrogen and oxygen atoms in total. The highest BCUT2D eigenvalue weighted by molar-refractivity contribution is 9.10. The summed E-state index contributed by atoms with van der Waals surface area (Å²) in [5.41, 5.74) is 0.987. The summed E-state index contributed by atoms with van der Waals surface area (Å²) < 4.78 is 6.50. The van der Waals surface area contributed by atoms with Gasteiger partial charge in [-0.25, -0.2) is 0 Å². The second kappa shape index (κ2) is 7.65. The smallest absolute Gasteiger partial charge is 0.0945 e. The van der Waals surface area contributed by atoms with Crippen LogP contribution in [0.1, 0.15) is 4.88 Å². The number of aliphatic hydroxyl groups excluding tert-OH is 1. The molecule has 0 spiro atoms. The first-order chi connectivity index (χ1) is 9.24. The number of halogens is 1. The van der Waals surface area contributed by atoms with Crippen LogP contribution in [0.5, 0.6) is 0 Å². The van der Waals surface area contributed by atoms with Gasteiger partial charge in [0.2, 0.25) is 0 Å².